The Bertz CT molecular complexity index is 832. The highest BCUT2D eigenvalue weighted by Crippen LogP contribution is 2.62. The number of ether oxygens (including phenoxy) is 2. The minimum absolute atomic E-state index is 0.0137. The van der Waals surface area contributed by atoms with Gasteiger partial charge in [-0.05, 0) is 25.2 Å². The van der Waals surface area contributed by atoms with E-state index in [0.717, 1.165) is 51.4 Å². The molecular weight excluding hydrogens is 408 g/mol. The van der Waals surface area contributed by atoms with Crippen LogP contribution in [0.1, 0.15) is 65.2 Å². The van der Waals surface area contributed by atoms with E-state index in [0.29, 0.717) is 5.57 Å². The van der Waals surface area contributed by atoms with Gasteiger partial charge in [0.2, 0.25) is 0 Å². The molecule has 176 valence electrons. The molecule has 3 aliphatic carbocycles. The first-order chi connectivity index (χ1) is 15.5. The zero-order chi connectivity index (χ0) is 22.6. The molecule has 0 radical (unpaired) electrons. The summed E-state index contributed by atoms with van der Waals surface area (Å²) in [5.74, 6) is -1.42. The van der Waals surface area contributed by atoms with Crippen molar-refractivity contribution in [1.82, 2.24) is 0 Å². The average Bonchev–Trinajstić information content (AvgIpc) is 3.69. The van der Waals surface area contributed by atoms with Gasteiger partial charge >= 0.3 is 0 Å². The van der Waals surface area contributed by atoms with Crippen molar-refractivity contribution in [2.75, 3.05) is 0 Å². The first-order valence-electron chi connectivity index (χ1n) is 12.6. The van der Waals surface area contributed by atoms with Gasteiger partial charge < -0.3 is 19.7 Å². The van der Waals surface area contributed by atoms with E-state index < -0.39 is 53.9 Å². The number of aliphatic hydroxyl groups excluding tert-OH is 2. The number of carbonyl (C=O) groups is 2. The molecule has 6 nitrogen and oxygen atoms in total. The highest BCUT2D eigenvalue weighted by Gasteiger charge is 2.73. The van der Waals surface area contributed by atoms with E-state index in [-0.39, 0.29) is 17.5 Å². The number of Topliss-reactive ketones (excluding diaryl/α,β-unsaturated/α-hetero) is 2. The summed E-state index contributed by atoms with van der Waals surface area (Å²) in [6.07, 6.45) is 10.1. The van der Waals surface area contributed by atoms with Crippen molar-refractivity contribution in [2.24, 2.45) is 23.2 Å². The van der Waals surface area contributed by atoms with Crippen molar-refractivity contribution < 1.29 is 29.3 Å². The number of allylic oxidation sites excluding steroid dienone is 3. The van der Waals surface area contributed by atoms with Crippen LogP contribution in [0.3, 0.4) is 0 Å². The Hall–Kier alpha value is -1.34. The van der Waals surface area contributed by atoms with Crippen LogP contribution in [0.25, 0.3) is 0 Å². The molecule has 0 bridgehead atoms. The van der Waals surface area contributed by atoms with Gasteiger partial charge in [-0.3, -0.25) is 9.59 Å². The molecular formula is C26H36O6. The van der Waals surface area contributed by atoms with Crippen LogP contribution >= 0.6 is 0 Å². The van der Waals surface area contributed by atoms with E-state index in [1.807, 2.05) is 12.2 Å². The van der Waals surface area contributed by atoms with Crippen LogP contribution in [0.2, 0.25) is 0 Å². The zero-order valence-corrected chi connectivity index (χ0v) is 19.1. The SMILES string of the molecule is CCCCC/C=C/[C@]12C(=O)[C@H]3O[C@H]3[C@H](O)[C@H]1[C@H]1C(=C[C@@H]2CCCCC)C(=O)[C@H]2O[C@H]2[C@@H]1O. The van der Waals surface area contributed by atoms with Crippen LogP contribution in [0.5, 0.6) is 0 Å². The van der Waals surface area contributed by atoms with Crippen LogP contribution in [0.15, 0.2) is 23.8 Å². The molecule has 0 amide bonds. The van der Waals surface area contributed by atoms with Gasteiger partial charge in [0.05, 0.1) is 17.6 Å². The third kappa shape index (κ3) is 3.29. The van der Waals surface area contributed by atoms with E-state index in [1.54, 1.807) is 0 Å². The van der Waals surface area contributed by atoms with Crippen molar-refractivity contribution in [3.63, 3.8) is 0 Å². The second-order valence-electron chi connectivity index (χ2n) is 10.4. The highest BCUT2D eigenvalue weighted by molar-refractivity contribution is 6.04. The van der Waals surface area contributed by atoms with E-state index in [1.165, 1.54) is 0 Å². The fourth-order valence-corrected chi connectivity index (χ4v) is 6.74. The second kappa shape index (κ2) is 8.46. The van der Waals surface area contributed by atoms with Gasteiger partial charge in [-0.25, -0.2) is 0 Å². The Morgan fingerprint density at radius 2 is 1.66 bits per heavy atom. The number of epoxide rings is 2. The lowest BCUT2D eigenvalue weighted by atomic mass is 9.48. The summed E-state index contributed by atoms with van der Waals surface area (Å²) in [6, 6.07) is 0. The molecule has 2 N–H and O–H groups in total. The molecule has 0 aromatic carbocycles. The molecule has 0 unspecified atom stereocenters. The summed E-state index contributed by atoms with van der Waals surface area (Å²) in [5.41, 5.74) is -0.391. The number of hydrogen-bond donors (Lipinski definition) is 2. The minimum Gasteiger partial charge on any atom is -0.390 e. The van der Waals surface area contributed by atoms with Gasteiger partial charge in [0.15, 0.2) is 11.6 Å². The van der Waals surface area contributed by atoms with Gasteiger partial charge in [-0.15, -0.1) is 0 Å². The fraction of sp³-hybridized carbons (Fsp3) is 0.769. The Kier molecular flexibility index (Phi) is 5.94. The average molecular weight is 445 g/mol. The number of unbranched alkanes of at least 4 members (excludes halogenated alkanes) is 5. The van der Waals surface area contributed by atoms with Gasteiger partial charge in [-0.1, -0.05) is 64.2 Å². The van der Waals surface area contributed by atoms with Crippen LogP contribution in [-0.2, 0) is 19.1 Å². The molecule has 2 heterocycles. The standard InChI is InChI=1S/C26H36O6/c1-3-5-7-8-10-12-26-14(11-9-6-4-2)13-15-16(19(28)22-21(31-22)18(15)27)17(26)20(29)23-24(32-23)25(26)30/h10,12-14,16-17,19-24,28-29H,3-9,11H2,1-2H3/b12-10+/t14-,16+,17+,19+,20+,21+,22-,23-,24-,26+/m0/s1. The monoisotopic (exact) mass is 444 g/mol. The molecule has 0 aromatic rings. The topological polar surface area (TPSA) is 99.7 Å². The Balaban J connectivity index is 1.58. The second-order valence-corrected chi connectivity index (χ2v) is 10.4. The fourth-order valence-electron chi connectivity index (χ4n) is 6.74. The lowest BCUT2D eigenvalue weighted by Crippen LogP contribution is -2.63. The maximum Gasteiger partial charge on any atom is 0.190 e. The molecule has 0 spiro atoms. The van der Waals surface area contributed by atoms with E-state index in [2.05, 4.69) is 19.9 Å². The molecule has 4 fully saturated rings. The molecule has 32 heavy (non-hydrogen) atoms. The van der Waals surface area contributed by atoms with Gasteiger partial charge in [0.25, 0.3) is 0 Å². The summed E-state index contributed by atoms with van der Waals surface area (Å²) in [6.45, 7) is 4.31. The van der Waals surface area contributed by atoms with Crippen molar-refractivity contribution >= 4 is 11.6 Å². The summed E-state index contributed by atoms with van der Waals surface area (Å²) in [5, 5.41) is 22.5. The minimum atomic E-state index is -0.950. The number of ketones is 2. The Morgan fingerprint density at radius 1 is 0.969 bits per heavy atom. The lowest BCUT2D eigenvalue weighted by molar-refractivity contribution is -0.147. The van der Waals surface area contributed by atoms with E-state index in [4.69, 9.17) is 9.47 Å². The quantitative estimate of drug-likeness (QED) is 0.322. The smallest absolute Gasteiger partial charge is 0.190 e. The predicted molar refractivity (Wildman–Crippen MR) is 118 cm³/mol. The first kappa shape index (κ1) is 22.5. The third-order valence-electron chi connectivity index (χ3n) is 8.47. The van der Waals surface area contributed by atoms with E-state index in [9.17, 15) is 19.8 Å². The number of rotatable bonds is 9. The highest BCUT2D eigenvalue weighted by atomic mass is 16.6. The largest absolute Gasteiger partial charge is 0.390 e. The Labute approximate surface area is 190 Å². The Morgan fingerprint density at radius 3 is 2.41 bits per heavy atom. The van der Waals surface area contributed by atoms with Crippen molar-refractivity contribution in [3.05, 3.63) is 23.8 Å². The van der Waals surface area contributed by atoms with Gasteiger partial charge in [-0.2, -0.15) is 0 Å². The molecule has 5 aliphatic rings. The van der Waals surface area contributed by atoms with E-state index >= 15 is 0 Å². The molecule has 0 aromatic heterocycles. The molecule has 6 heteroatoms. The summed E-state index contributed by atoms with van der Waals surface area (Å²) in [4.78, 5) is 27.0. The van der Waals surface area contributed by atoms with Gasteiger partial charge in [0.1, 0.15) is 24.4 Å². The molecule has 2 saturated carbocycles. The number of fused-ring (bicyclic) bond motifs is 5. The molecule has 2 saturated heterocycles. The molecule has 10 atom stereocenters. The lowest BCUT2D eigenvalue weighted by Gasteiger charge is -2.54. The van der Waals surface area contributed by atoms with Crippen LogP contribution in [0, 0.1) is 23.2 Å². The van der Waals surface area contributed by atoms with Crippen LogP contribution in [-0.4, -0.2) is 58.4 Å². The van der Waals surface area contributed by atoms with Crippen molar-refractivity contribution in [3.8, 4) is 0 Å². The maximum atomic E-state index is 13.9. The number of aliphatic hydroxyl groups is 2. The normalized spacial score (nSPS) is 46.2. The van der Waals surface area contributed by atoms with Crippen LogP contribution in [0.4, 0.5) is 0 Å². The number of hydrogen-bond acceptors (Lipinski definition) is 6. The summed E-state index contributed by atoms with van der Waals surface area (Å²) in [7, 11) is 0. The number of carbonyl (C=O) groups excluding carboxylic acids is 2. The maximum absolute atomic E-state index is 13.9. The molecule has 2 aliphatic heterocycles. The van der Waals surface area contributed by atoms with Crippen molar-refractivity contribution in [1.29, 1.82) is 0 Å². The first-order valence-corrected chi connectivity index (χ1v) is 12.6. The van der Waals surface area contributed by atoms with Crippen molar-refractivity contribution in [2.45, 2.75) is 102 Å². The van der Waals surface area contributed by atoms with Crippen LogP contribution < -0.4 is 0 Å². The summed E-state index contributed by atoms with van der Waals surface area (Å²) >= 11 is 0. The summed E-state index contributed by atoms with van der Waals surface area (Å²) < 4.78 is 11.2. The zero-order valence-electron chi connectivity index (χ0n) is 19.1. The molecule has 5 rings (SSSR count). The third-order valence-corrected chi connectivity index (χ3v) is 8.47. The van der Waals surface area contributed by atoms with Gasteiger partial charge in [0, 0.05) is 17.4 Å². The predicted octanol–water partition coefficient (Wildman–Crippen LogP) is 2.90.